The van der Waals surface area contributed by atoms with Crippen molar-refractivity contribution >= 4 is 5.97 Å². The number of esters is 1. The largest absolute Gasteiger partial charge is 0.469 e. The molecule has 0 saturated carbocycles. The molecule has 0 aliphatic rings. The lowest BCUT2D eigenvalue weighted by Gasteiger charge is -2.22. The Balaban J connectivity index is 3.71. The summed E-state index contributed by atoms with van der Waals surface area (Å²) in [5.74, 6) is 0.540. The van der Waals surface area contributed by atoms with E-state index in [4.69, 9.17) is 4.74 Å². The van der Waals surface area contributed by atoms with Gasteiger partial charge in [-0.2, -0.15) is 0 Å². The molecule has 0 spiro atoms. The lowest BCUT2D eigenvalue weighted by molar-refractivity contribution is -0.150. The summed E-state index contributed by atoms with van der Waals surface area (Å²) in [6.45, 7) is 9.78. The van der Waals surface area contributed by atoms with Gasteiger partial charge in [0.05, 0.1) is 12.5 Å². The lowest BCUT2D eigenvalue weighted by Crippen LogP contribution is -2.37. The van der Waals surface area contributed by atoms with Crippen LogP contribution in [0.25, 0.3) is 0 Å². The van der Waals surface area contributed by atoms with Crippen LogP contribution in [0.15, 0.2) is 0 Å². The van der Waals surface area contributed by atoms with Crippen molar-refractivity contribution in [2.24, 2.45) is 11.3 Å². The smallest absolute Gasteiger partial charge is 0.312 e. The molecule has 0 aromatic rings. The second-order valence-corrected chi connectivity index (χ2v) is 4.73. The molecule has 14 heavy (non-hydrogen) atoms. The average Bonchev–Trinajstić information content (AvgIpc) is 2.10. The molecular formula is C11H23NO2. The molecule has 0 aliphatic heterocycles. The molecule has 0 aromatic carbocycles. The minimum absolute atomic E-state index is 0.158. The summed E-state index contributed by atoms with van der Waals surface area (Å²) in [6.07, 6.45) is 1.14. The normalized spacial score (nSPS) is 11.9. The second kappa shape index (κ2) is 6.02. The van der Waals surface area contributed by atoms with Crippen LogP contribution in [0.1, 0.15) is 34.1 Å². The average molecular weight is 201 g/mol. The van der Waals surface area contributed by atoms with Crippen molar-refractivity contribution in [3.63, 3.8) is 0 Å². The first kappa shape index (κ1) is 13.4. The zero-order valence-electron chi connectivity index (χ0n) is 10.0. The van der Waals surface area contributed by atoms with E-state index >= 15 is 0 Å². The van der Waals surface area contributed by atoms with Gasteiger partial charge in [0, 0.05) is 6.54 Å². The third-order valence-electron chi connectivity index (χ3n) is 2.20. The maximum Gasteiger partial charge on any atom is 0.312 e. The third-order valence-corrected chi connectivity index (χ3v) is 2.20. The van der Waals surface area contributed by atoms with Crippen LogP contribution >= 0.6 is 0 Å². The van der Waals surface area contributed by atoms with E-state index in [1.807, 2.05) is 13.8 Å². The summed E-state index contributed by atoms with van der Waals surface area (Å²) in [6, 6.07) is 0. The van der Waals surface area contributed by atoms with Crippen LogP contribution in [0.5, 0.6) is 0 Å². The van der Waals surface area contributed by atoms with E-state index in [2.05, 4.69) is 19.2 Å². The molecule has 3 heteroatoms. The van der Waals surface area contributed by atoms with Crippen molar-refractivity contribution in [2.45, 2.75) is 34.1 Å². The van der Waals surface area contributed by atoms with Gasteiger partial charge in [-0.25, -0.2) is 0 Å². The predicted molar refractivity (Wildman–Crippen MR) is 58.1 cm³/mol. The van der Waals surface area contributed by atoms with Crippen LogP contribution < -0.4 is 5.32 Å². The van der Waals surface area contributed by atoms with Gasteiger partial charge < -0.3 is 10.1 Å². The number of hydrogen-bond donors (Lipinski definition) is 1. The van der Waals surface area contributed by atoms with Gasteiger partial charge in [0.25, 0.3) is 0 Å². The molecule has 0 rings (SSSR count). The highest BCUT2D eigenvalue weighted by atomic mass is 16.5. The zero-order chi connectivity index (χ0) is 11.2. The number of rotatable bonds is 6. The summed E-state index contributed by atoms with van der Waals surface area (Å²) >= 11 is 0. The van der Waals surface area contributed by atoms with Crippen molar-refractivity contribution < 1.29 is 9.53 Å². The number of methoxy groups -OCH3 is 1. The topological polar surface area (TPSA) is 38.3 Å². The molecule has 1 N–H and O–H groups in total. The Morgan fingerprint density at radius 3 is 2.43 bits per heavy atom. The van der Waals surface area contributed by atoms with E-state index < -0.39 is 5.41 Å². The number of hydrogen-bond acceptors (Lipinski definition) is 3. The molecule has 84 valence electrons. The van der Waals surface area contributed by atoms with E-state index in [0.29, 0.717) is 12.5 Å². The Labute approximate surface area is 87.2 Å². The quantitative estimate of drug-likeness (QED) is 0.526. The van der Waals surface area contributed by atoms with Gasteiger partial charge in [0.15, 0.2) is 0 Å². The van der Waals surface area contributed by atoms with E-state index in [1.165, 1.54) is 7.11 Å². The first-order valence-corrected chi connectivity index (χ1v) is 5.19. The molecular weight excluding hydrogens is 178 g/mol. The lowest BCUT2D eigenvalue weighted by atomic mass is 9.93. The molecule has 0 aromatic heterocycles. The summed E-state index contributed by atoms with van der Waals surface area (Å²) in [5.41, 5.74) is -0.425. The highest BCUT2D eigenvalue weighted by molar-refractivity contribution is 5.75. The highest BCUT2D eigenvalue weighted by Gasteiger charge is 2.27. The summed E-state index contributed by atoms with van der Waals surface area (Å²) in [5, 5.41) is 3.27. The number of nitrogens with one attached hydrogen (secondary N) is 1. The van der Waals surface area contributed by atoms with Crippen molar-refractivity contribution in [3.8, 4) is 0 Å². The van der Waals surface area contributed by atoms with Crippen molar-refractivity contribution in [1.82, 2.24) is 5.32 Å². The Bertz CT molecular complexity index is 176. The first-order chi connectivity index (χ1) is 6.40. The van der Waals surface area contributed by atoms with Crippen molar-refractivity contribution in [1.29, 1.82) is 0 Å². The van der Waals surface area contributed by atoms with Crippen molar-refractivity contribution in [2.75, 3.05) is 20.2 Å². The molecule has 0 unspecified atom stereocenters. The third kappa shape index (κ3) is 5.22. The summed E-state index contributed by atoms with van der Waals surface area (Å²) in [7, 11) is 1.43. The standard InChI is InChI=1S/C11H23NO2/c1-9(2)6-7-12-8-11(3,4)10(13)14-5/h9,12H,6-8H2,1-5H3. The fourth-order valence-corrected chi connectivity index (χ4v) is 1.14. The van der Waals surface area contributed by atoms with Crippen LogP contribution in [-0.2, 0) is 9.53 Å². The maximum atomic E-state index is 11.3. The Morgan fingerprint density at radius 1 is 1.43 bits per heavy atom. The highest BCUT2D eigenvalue weighted by Crippen LogP contribution is 2.15. The van der Waals surface area contributed by atoms with Crippen LogP contribution in [0.4, 0.5) is 0 Å². The molecule has 0 heterocycles. The van der Waals surface area contributed by atoms with Gasteiger partial charge >= 0.3 is 5.97 Å². The molecule has 0 aliphatic carbocycles. The zero-order valence-corrected chi connectivity index (χ0v) is 10.0. The predicted octanol–water partition coefficient (Wildman–Crippen LogP) is 1.82. The van der Waals surface area contributed by atoms with Gasteiger partial charge in [-0.15, -0.1) is 0 Å². The molecule has 0 amide bonds. The van der Waals surface area contributed by atoms with Gasteiger partial charge in [0.2, 0.25) is 0 Å². The van der Waals surface area contributed by atoms with Gasteiger partial charge in [0.1, 0.15) is 0 Å². The molecule has 0 bridgehead atoms. The number of carbonyl (C=O) groups is 1. The van der Waals surface area contributed by atoms with Gasteiger partial charge in [-0.05, 0) is 32.7 Å². The van der Waals surface area contributed by atoms with E-state index in [9.17, 15) is 4.79 Å². The SMILES string of the molecule is COC(=O)C(C)(C)CNCCC(C)C. The summed E-state index contributed by atoms with van der Waals surface area (Å²) in [4.78, 5) is 11.3. The van der Waals surface area contributed by atoms with Gasteiger partial charge in [-0.1, -0.05) is 13.8 Å². The molecule has 0 radical (unpaired) electrons. The molecule has 0 fully saturated rings. The molecule has 0 saturated heterocycles. The Morgan fingerprint density at radius 2 is 2.00 bits per heavy atom. The fraction of sp³-hybridized carbons (Fsp3) is 0.909. The Hall–Kier alpha value is -0.570. The van der Waals surface area contributed by atoms with Gasteiger partial charge in [-0.3, -0.25) is 4.79 Å². The summed E-state index contributed by atoms with van der Waals surface area (Å²) < 4.78 is 4.71. The monoisotopic (exact) mass is 201 g/mol. The number of carbonyl (C=O) groups excluding carboxylic acids is 1. The van der Waals surface area contributed by atoms with E-state index in [1.54, 1.807) is 0 Å². The van der Waals surface area contributed by atoms with Crippen LogP contribution in [0, 0.1) is 11.3 Å². The molecule has 3 nitrogen and oxygen atoms in total. The fourth-order valence-electron chi connectivity index (χ4n) is 1.14. The first-order valence-electron chi connectivity index (χ1n) is 5.19. The van der Waals surface area contributed by atoms with Crippen LogP contribution in [0.3, 0.4) is 0 Å². The minimum Gasteiger partial charge on any atom is -0.469 e. The van der Waals surface area contributed by atoms with Crippen LogP contribution in [-0.4, -0.2) is 26.2 Å². The Kier molecular flexibility index (Phi) is 5.77. The van der Waals surface area contributed by atoms with Crippen molar-refractivity contribution in [3.05, 3.63) is 0 Å². The minimum atomic E-state index is -0.425. The van der Waals surface area contributed by atoms with E-state index in [0.717, 1.165) is 13.0 Å². The van der Waals surface area contributed by atoms with E-state index in [-0.39, 0.29) is 5.97 Å². The van der Waals surface area contributed by atoms with Crippen LogP contribution in [0.2, 0.25) is 0 Å². The molecule has 0 atom stereocenters. The number of ether oxygens (including phenoxy) is 1. The second-order valence-electron chi connectivity index (χ2n) is 4.73. The maximum absolute atomic E-state index is 11.3.